The van der Waals surface area contributed by atoms with Crippen LogP contribution < -0.4 is 16.2 Å². The summed E-state index contributed by atoms with van der Waals surface area (Å²) in [5.41, 5.74) is 7.47. The average Bonchev–Trinajstić information content (AvgIpc) is 2.81. The summed E-state index contributed by atoms with van der Waals surface area (Å²) in [5, 5.41) is 2.14. The maximum atomic E-state index is 12.7. The van der Waals surface area contributed by atoms with Gasteiger partial charge in [0.25, 0.3) is 0 Å². The summed E-state index contributed by atoms with van der Waals surface area (Å²) < 4.78 is 26.5. The smallest absolute Gasteiger partial charge is 0.239 e. The number of hydrazine groups is 1. The minimum Gasteiger partial charge on any atom is -0.325 e. The molecule has 2 rings (SSSR count). The van der Waals surface area contributed by atoms with E-state index in [1.54, 1.807) is 19.9 Å². The number of rotatable bonds is 5. The molecule has 7 nitrogen and oxygen atoms in total. The molecule has 0 aromatic heterocycles. The number of nitrogens with one attached hydrogen (secondary N) is 3. The van der Waals surface area contributed by atoms with E-state index < -0.39 is 15.3 Å². The van der Waals surface area contributed by atoms with E-state index in [2.05, 4.69) is 16.2 Å². The molecule has 128 valence electrons. The number of hydrogen-bond donors (Lipinski definition) is 3. The van der Waals surface area contributed by atoms with Crippen LogP contribution in [-0.2, 0) is 14.8 Å². The summed E-state index contributed by atoms with van der Waals surface area (Å²) in [6.45, 7) is 5.28. The van der Waals surface area contributed by atoms with Crippen molar-refractivity contribution in [3.63, 3.8) is 0 Å². The van der Waals surface area contributed by atoms with Crippen molar-refractivity contribution < 1.29 is 13.2 Å². The summed E-state index contributed by atoms with van der Waals surface area (Å²) in [4.78, 5) is 12.2. The van der Waals surface area contributed by atoms with Gasteiger partial charge < -0.3 is 5.32 Å². The standard InChI is InChI=1S/C15H24N4O3S/c1-10-7-5-6-8-13(10)16-14(20)9-19(4)23(21,22)15-11(2)17-18-12(15)3/h5-8,11-12,15,17-18H,9H2,1-4H3,(H,16,20). The Hall–Kier alpha value is -1.48. The zero-order valence-electron chi connectivity index (χ0n) is 13.8. The summed E-state index contributed by atoms with van der Waals surface area (Å²) in [6.07, 6.45) is 0. The summed E-state index contributed by atoms with van der Waals surface area (Å²) in [5.74, 6) is -0.357. The van der Waals surface area contributed by atoms with Crippen LogP contribution in [0.4, 0.5) is 5.69 Å². The number of anilines is 1. The fourth-order valence-corrected chi connectivity index (χ4v) is 4.66. The first-order chi connectivity index (χ1) is 10.7. The highest BCUT2D eigenvalue weighted by Gasteiger charge is 2.42. The van der Waals surface area contributed by atoms with E-state index in [-0.39, 0.29) is 24.5 Å². The number of sulfonamides is 1. The molecule has 1 aromatic carbocycles. The minimum atomic E-state index is -3.59. The highest BCUT2D eigenvalue weighted by Crippen LogP contribution is 2.19. The molecular weight excluding hydrogens is 316 g/mol. The Morgan fingerprint density at radius 1 is 1.22 bits per heavy atom. The van der Waals surface area contributed by atoms with E-state index in [4.69, 9.17) is 0 Å². The van der Waals surface area contributed by atoms with E-state index in [0.29, 0.717) is 5.69 Å². The van der Waals surface area contributed by atoms with Crippen LogP contribution in [-0.4, -0.2) is 49.6 Å². The summed E-state index contributed by atoms with van der Waals surface area (Å²) >= 11 is 0. The van der Waals surface area contributed by atoms with E-state index >= 15 is 0 Å². The zero-order valence-corrected chi connectivity index (χ0v) is 14.6. The Morgan fingerprint density at radius 2 is 1.78 bits per heavy atom. The van der Waals surface area contributed by atoms with Gasteiger partial charge in [0.05, 0.1) is 6.54 Å². The van der Waals surface area contributed by atoms with Crippen molar-refractivity contribution in [2.45, 2.75) is 38.1 Å². The van der Waals surface area contributed by atoms with Gasteiger partial charge in [-0.05, 0) is 32.4 Å². The number of amides is 1. The van der Waals surface area contributed by atoms with Crippen LogP contribution in [0.5, 0.6) is 0 Å². The van der Waals surface area contributed by atoms with Crippen LogP contribution in [0.25, 0.3) is 0 Å². The normalized spacial score (nSPS) is 24.8. The molecule has 2 unspecified atom stereocenters. The Kier molecular flexibility index (Phi) is 5.41. The molecule has 3 N–H and O–H groups in total. The molecule has 1 fully saturated rings. The second-order valence-electron chi connectivity index (χ2n) is 5.99. The molecule has 23 heavy (non-hydrogen) atoms. The lowest BCUT2D eigenvalue weighted by Crippen LogP contribution is -2.47. The van der Waals surface area contributed by atoms with E-state index in [1.807, 2.05) is 25.1 Å². The molecule has 1 saturated heterocycles. The van der Waals surface area contributed by atoms with Crippen LogP contribution >= 0.6 is 0 Å². The third-order valence-corrected chi connectivity index (χ3v) is 6.59. The number of nitrogens with zero attached hydrogens (tertiary/aromatic N) is 1. The lowest BCUT2D eigenvalue weighted by Gasteiger charge is -2.25. The topological polar surface area (TPSA) is 90.5 Å². The van der Waals surface area contributed by atoms with Crippen LogP contribution in [0, 0.1) is 6.92 Å². The first-order valence-electron chi connectivity index (χ1n) is 7.55. The van der Waals surface area contributed by atoms with Crippen molar-refractivity contribution in [3.8, 4) is 0 Å². The molecule has 0 saturated carbocycles. The van der Waals surface area contributed by atoms with E-state index in [1.165, 1.54) is 7.05 Å². The maximum absolute atomic E-state index is 12.7. The van der Waals surface area contributed by atoms with Gasteiger partial charge in [-0.25, -0.2) is 8.42 Å². The van der Waals surface area contributed by atoms with Crippen molar-refractivity contribution in [1.82, 2.24) is 15.2 Å². The monoisotopic (exact) mass is 340 g/mol. The molecule has 1 heterocycles. The Morgan fingerprint density at radius 3 is 2.35 bits per heavy atom. The van der Waals surface area contributed by atoms with Crippen LogP contribution in [0.15, 0.2) is 24.3 Å². The second-order valence-corrected chi connectivity index (χ2v) is 8.19. The van der Waals surface area contributed by atoms with Crippen LogP contribution in [0.2, 0.25) is 0 Å². The third kappa shape index (κ3) is 3.89. The second kappa shape index (κ2) is 6.96. The average molecular weight is 340 g/mol. The zero-order chi connectivity index (χ0) is 17.2. The van der Waals surface area contributed by atoms with Crippen molar-refractivity contribution in [3.05, 3.63) is 29.8 Å². The molecule has 2 atom stereocenters. The number of carbonyl (C=O) groups is 1. The molecule has 1 aliphatic heterocycles. The highest BCUT2D eigenvalue weighted by molar-refractivity contribution is 7.89. The first kappa shape index (κ1) is 17.9. The van der Waals surface area contributed by atoms with Gasteiger partial charge in [-0.2, -0.15) is 4.31 Å². The van der Waals surface area contributed by atoms with Gasteiger partial charge in [0.1, 0.15) is 5.25 Å². The lowest BCUT2D eigenvalue weighted by molar-refractivity contribution is -0.116. The van der Waals surface area contributed by atoms with Gasteiger partial charge in [0.2, 0.25) is 15.9 Å². The van der Waals surface area contributed by atoms with Crippen molar-refractivity contribution in [2.75, 3.05) is 18.9 Å². The van der Waals surface area contributed by atoms with Gasteiger partial charge in [0.15, 0.2) is 0 Å². The molecule has 0 radical (unpaired) electrons. The van der Waals surface area contributed by atoms with Gasteiger partial charge >= 0.3 is 0 Å². The van der Waals surface area contributed by atoms with Crippen molar-refractivity contribution >= 4 is 21.6 Å². The molecular formula is C15H24N4O3S. The summed E-state index contributed by atoms with van der Waals surface area (Å²) in [6, 6.07) is 6.92. The fraction of sp³-hybridized carbons (Fsp3) is 0.533. The first-order valence-corrected chi connectivity index (χ1v) is 9.05. The van der Waals surface area contributed by atoms with Crippen molar-refractivity contribution in [2.24, 2.45) is 0 Å². The predicted octanol–water partition coefficient (Wildman–Crippen LogP) is 0.449. The number of hydrogen-bond acceptors (Lipinski definition) is 5. The quantitative estimate of drug-likeness (QED) is 0.724. The highest BCUT2D eigenvalue weighted by atomic mass is 32.2. The maximum Gasteiger partial charge on any atom is 0.239 e. The van der Waals surface area contributed by atoms with Crippen molar-refractivity contribution in [1.29, 1.82) is 0 Å². The number of likely N-dealkylation sites (N-methyl/N-ethyl adjacent to an activating group) is 1. The summed E-state index contributed by atoms with van der Waals surface area (Å²) in [7, 11) is -2.15. The van der Waals surface area contributed by atoms with Gasteiger partial charge in [-0.3, -0.25) is 15.6 Å². The molecule has 0 aliphatic carbocycles. The molecule has 1 aliphatic rings. The Balaban J connectivity index is 2.04. The molecule has 1 aromatic rings. The lowest BCUT2D eigenvalue weighted by atomic mass is 10.2. The molecule has 8 heteroatoms. The third-order valence-electron chi connectivity index (χ3n) is 4.09. The number of para-hydroxylation sites is 1. The van der Waals surface area contributed by atoms with Crippen LogP contribution in [0.3, 0.4) is 0 Å². The van der Waals surface area contributed by atoms with Gasteiger partial charge in [0, 0.05) is 24.8 Å². The molecule has 0 bridgehead atoms. The molecule has 0 spiro atoms. The Labute approximate surface area is 137 Å². The Bertz CT molecular complexity index is 667. The predicted molar refractivity (Wildman–Crippen MR) is 90.3 cm³/mol. The molecule has 1 amide bonds. The van der Waals surface area contributed by atoms with Gasteiger partial charge in [-0.15, -0.1) is 0 Å². The fourth-order valence-electron chi connectivity index (χ4n) is 2.78. The SMILES string of the molecule is Cc1ccccc1NC(=O)CN(C)S(=O)(=O)C1C(C)NNC1C. The number of carbonyl (C=O) groups excluding carboxylic acids is 1. The van der Waals surface area contributed by atoms with Crippen LogP contribution in [0.1, 0.15) is 19.4 Å². The van der Waals surface area contributed by atoms with E-state index in [0.717, 1.165) is 9.87 Å². The minimum absolute atomic E-state index is 0.216. The number of aryl methyl sites for hydroxylation is 1. The van der Waals surface area contributed by atoms with E-state index in [9.17, 15) is 13.2 Å². The number of benzene rings is 1. The van der Waals surface area contributed by atoms with Gasteiger partial charge in [-0.1, -0.05) is 18.2 Å². The largest absolute Gasteiger partial charge is 0.325 e.